The van der Waals surface area contributed by atoms with Crippen LogP contribution in [0, 0.1) is 0 Å². The van der Waals surface area contributed by atoms with Gasteiger partial charge in [0.1, 0.15) is 17.3 Å². The number of rotatable bonds is 8. The predicted octanol–water partition coefficient (Wildman–Crippen LogP) is 1.82. The minimum atomic E-state index is -1.12. The van der Waals surface area contributed by atoms with Crippen molar-refractivity contribution in [2.24, 2.45) is 0 Å². The molecule has 9 heteroatoms. The van der Waals surface area contributed by atoms with Crippen LogP contribution < -0.4 is 16.0 Å². The van der Waals surface area contributed by atoms with Crippen molar-refractivity contribution in [2.75, 3.05) is 0 Å². The van der Waals surface area contributed by atoms with Crippen LogP contribution in [0.5, 0.6) is 0 Å². The first-order valence-corrected chi connectivity index (χ1v) is 10.6. The lowest BCUT2D eigenvalue weighted by Crippen LogP contribution is -2.60. The number of carbonyl (C=O) groups excluding carboxylic acids is 4. The van der Waals surface area contributed by atoms with Gasteiger partial charge in [-0.15, -0.1) is 0 Å². The Kier molecular flexibility index (Phi) is 6.79. The molecule has 5 amide bonds. The zero-order valence-corrected chi connectivity index (χ0v) is 17.5. The quantitative estimate of drug-likeness (QED) is 0.556. The number of imide groups is 1. The average molecular weight is 418 g/mol. The van der Waals surface area contributed by atoms with Crippen LogP contribution in [-0.2, 0) is 20.9 Å². The summed E-state index contributed by atoms with van der Waals surface area (Å²) in [5.41, 5.74) is -1.12. The fourth-order valence-corrected chi connectivity index (χ4v) is 4.05. The second kappa shape index (κ2) is 9.32. The number of hydrogen-bond donors (Lipinski definition) is 3. The van der Waals surface area contributed by atoms with Gasteiger partial charge in [0, 0.05) is 6.04 Å². The molecule has 30 heavy (non-hydrogen) atoms. The van der Waals surface area contributed by atoms with Crippen LogP contribution in [-0.4, -0.2) is 46.3 Å². The van der Waals surface area contributed by atoms with Crippen molar-refractivity contribution in [3.63, 3.8) is 0 Å². The third kappa shape index (κ3) is 4.83. The first-order chi connectivity index (χ1) is 14.3. The van der Waals surface area contributed by atoms with E-state index in [0.29, 0.717) is 12.2 Å². The van der Waals surface area contributed by atoms with E-state index in [4.69, 9.17) is 4.42 Å². The zero-order valence-electron chi connectivity index (χ0n) is 17.5. The van der Waals surface area contributed by atoms with Crippen LogP contribution in [0.4, 0.5) is 4.79 Å². The predicted molar refractivity (Wildman–Crippen MR) is 108 cm³/mol. The molecule has 2 aliphatic rings. The van der Waals surface area contributed by atoms with Crippen LogP contribution in [0.25, 0.3) is 0 Å². The molecule has 2 atom stereocenters. The lowest BCUT2D eigenvalue weighted by molar-refractivity contribution is -0.149. The summed E-state index contributed by atoms with van der Waals surface area (Å²) in [5, 5.41) is 7.69. The monoisotopic (exact) mass is 418 g/mol. The van der Waals surface area contributed by atoms with Crippen LogP contribution in [0.2, 0.25) is 0 Å². The van der Waals surface area contributed by atoms with Gasteiger partial charge < -0.3 is 20.0 Å². The Morgan fingerprint density at radius 2 is 2.00 bits per heavy atom. The largest absolute Gasteiger partial charge is 0.467 e. The van der Waals surface area contributed by atoms with Gasteiger partial charge in [-0.2, -0.15) is 0 Å². The van der Waals surface area contributed by atoms with Gasteiger partial charge in [-0.25, -0.2) is 4.79 Å². The summed E-state index contributed by atoms with van der Waals surface area (Å²) in [6, 6.07) is 1.99. The fourth-order valence-electron chi connectivity index (χ4n) is 4.05. The van der Waals surface area contributed by atoms with Crippen molar-refractivity contribution in [1.29, 1.82) is 0 Å². The second-order valence-electron chi connectivity index (χ2n) is 8.21. The van der Waals surface area contributed by atoms with Crippen LogP contribution in [0.1, 0.15) is 64.6 Å². The van der Waals surface area contributed by atoms with E-state index < -0.39 is 29.4 Å². The number of carbonyl (C=O) groups is 4. The second-order valence-corrected chi connectivity index (χ2v) is 8.21. The Bertz CT molecular complexity index is 787. The number of urea groups is 1. The van der Waals surface area contributed by atoms with E-state index in [0.717, 1.165) is 25.7 Å². The Labute approximate surface area is 175 Å². The topological polar surface area (TPSA) is 121 Å². The first kappa shape index (κ1) is 21.9. The highest BCUT2D eigenvalue weighted by Gasteiger charge is 2.43. The smallest absolute Gasteiger partial charge is 0.322 e. The van der Waals surface area contributed by atoms with Gasteiger partial charge in [0.15, 0.2) is 0 Å². The standard InChI is InChI=1S/C21H30N4O5/c1-3-21(2,19(28)22-14-8-5-4-6-9-14)25(13-15-10-7-11-30-15)17(26)12-16-18(27)24-20(29)23-16/h7,10-11,14,16H,3-6,8-9,12-13H2,1-2H3,(H,22,28)(H2,23,24,27,29)/t16-,21+/m0/s1. The van der Waals surface area contributed by atoms with Crippen molar-refractivity contribution >= 4 is 23.8 Å². The lowest BCUT2D eigenvalue weighted by Gasteiger charge is -2.40. The molecule has 3 N–H and O–H groups in total. The van der Waals surface area contributed by atoms with Gasteiger partial charge in [0.2, 0.25) is 11.8 Å². The minimum absolute atomic E-state index is 0.0938. The number of furan rings is 1. The zero-order chi connectivity index (χ0) is 21.7. The molecule has 164 valence electrons. The Morgan fingerprint density at radius 3 is 2.57 bits per heavy atom. The van der Waals surface area contributed by atoms with E-state index in [9.17, 15) is 19.2 Å². The molecule has 0 unspecified atom stereocenters. The van der Waals surface area contributed by atoms with Gasteiger partial charge in [-0.1, -0.05) is 26.2 Å². The third-order valence-electron chi connectivity index (χ3n) is 6.15. The molecule has 0 radical (unpaired) electrons. The highest BCUT2D eigenvalue weighted by atomic mass is 16.3. The summed E-state index contributed by atoms with van der Waals surface area (Å²) in [7, 11) is 0. The van der Waals surface area contributed by atoms with Gasteiger partial charge in [-0.3, -0.25) is 19.7 Å². The van der Waals surface area contributed by atoms with E-state index in [1.807, 2.05) is 6.92 Å². The molecule has 1 aliphatic carbocycles. The molecular weight excluding hydrogens is 388 g/mol. The van der Waals surface area contributed by atoms with Crippen LogP contribution in [0.3, 0.4) is 0 Å². The molecule has 1 aromatic rings. The Hall–Kier alpha value is -2.84. The summed E-state index contributed by atoms with van der Waals surface area (Å²) in [6.45, 7) is 3.68. The SMILES string of the molecule is CC[C@](C)(C(=O)NC1CCCCC1)N(Cc1ccco1)C(=O)C[C@@H]1NC(=O)NC1=O. The molecule has 0 aromatic carbocycles. The fraction of sp³-hybridized carbons (Fsp3) is 0.619. The highest BCUT2D eigenvalue weighted by molar-refractivity contribution is 6.06. The number of amides is 5. The maximum Gasteiger partial charge on any atom is 0.322 e. The van der Waals surface area contributed by atoms with E-state index >= 15 is 0 Å². The summed E-state index contributed by atoms with van der Waals surface area (Å²) in [5.74, 6) is -0.627. The molecule has 3 rings (SSSR count). The summed E-state index contributed by atoms with van der Waals surface area (Å²) < 4.78 is 5.42. The molecule has 0 bridgehead atoms. The van der Waals surface area contributed by atoms with Crippen LogP contribution in [0.15, 0.2) is 22.8 Å². The maximum absolute atomic E-state index is 13.3. The Balaban J connectivity index is 1.80. The molecule has 9 nitrogen and oxygen atoms in total. The normalized spacial score (nSPS) is 21.5. The molecule has 0 spiro atoms. The van der Waals surface area contributed by atoms with Crippen molar-refractivity contribution in [3.05, 3.63) is 24.2 Å². The van der Waals surface area contributed by atoms with Crippen molar-refractivity contribution < 1.29 is 23.6 Å². The van der Waals surface area contributed by atoms with E-state index in [2.05, 4.69) is 16.0 Å². The average Bonchev–Trinajstić information content (AvgIpc) is 3.35. The third-order valence-corrected chi connectivity index (χ3v) is 6.15. The molecule has 1 aliphatic heterocycles. The number of hydrogen-bond acceptors (Lipinski definition) is 5. The number of nitrogens with zero attached hydrogens (tertiary/aromatic N) is 1. The number of nitrogens with one attached hydrogen (secondary N) is 3. The first-order valence-electron chi connectivity index (χ1n) is 10.6. The van der Waals surface area contributed by atoms with Crippen molar-refractivity contribution in [3.8, 4) is 0 Å². The van der Waals surface area contributed by atoms with E-state index in [-0.39, 0.29) is 24.9 Å². The molecule has 1 aromatic heterocycles. The van der Waals surface area contributed by atoms with Crippen LogP contribution >= 0.6 is 0 Å². The molecule has 1 saturated heterocycles. The van der Waals surface area contributed by atoms with Crippen molar-refractivity contribution in [1.82, 2.24) is 20.9 Å². The summed E-state index contributed by atoms with van der Waals surface area (Å²) in [6.07, 6.45) is 6.88. The molecular formula is C21H30N4O5. The van der Waals surface area contributed by atoms with Gasteiger partial charge >= 0.3 is 6.03 Å². The molecule has 1 saturated carbocycles. The summed E-state index contributed by atoms with van der Waals surface area (Å²) >= 11 is 0. The highest BCUT2D eigenvalue weighted by Crippen LogP contribution is 2.26. The van der Waals surface area contributed by atoms with Gasteiger partial charge in [0.05, 0.1) is 19.2 Å². The van der Waals surface area contributed by atoms with E-state index in [1.54, 1.807) is 19.1 Å². The Morgan fingerprint density at radius 1 is 1.27 bits per heavy atom. The lowest BCUT2D eigenvalue weighted by atomic mass is 9.90. The van der Waals surface area contributed by atoms with E-state index in [1.165, 1.54) is 17.6 Å². The van der Waals surface area contributed by atoms with Gasteiger partial charge in [0.25, 0.3) is 5.91 Å². The maximum atomic E-state index is 13.3. The summed E-state index contributed by atoms with van der Waals surface area (Å²) in [4.78, 5) is 51.3. The van der Waals surface area contributed by atoms with Gasteiger partial charge in [-0.05, 0) is 38.3 Å². The molecule has 2 heterocycles. The van der Waals surface area contributed by atoms with Crippen molar-refractivity contribution in [2.45, 2.75) is 83.0 Å². The minimum Gasteiger partial charge on any atom is -0.467 e. The molecule has 2 fully saturated rings.